The highest BCUT2D eigenvalue weighted by molar-refractivity contribution is 9.10. The number of hydrogen-bond donors (Lipinski definition) is 1. The van der Waals surface area contributed by atoms with Crippen molar-refractivity contribution in [1.82, 2.24) is 4.90 Å². The van der Waals surface area contributed by atoms with Crippen molar-refractivity contribution >= 4 is 15.9 Å². The summed E-state index contributed by atoms with van der Waals surface area (Å²) in [5.74, 6) is 0. The fraction of sp³-hybridized carbons (Fsp3) is 0.571. The van der Waals surface area contributed by atoms with Crippen LogP contribution in [0.5, 0.6) is 0 Å². The van der Waals surface area contributed by atoms with Crippen molar-refractivity contribution in [2.45, 2.75) is 25.4 Å². The lowest BCUT2D eigenvalue weighted by molar-refractivity contribution is 0.0234. The molecule has 0 amide bonds. The summed E-state index contributed by atoms with van der Waals surface area (Å²) in [6.07, 6.45) is 0.977. The third-order valence-corrected chi connectivity index (χ3v) is 4.12. The summed E-state index contributed by atoms with van der Waals surface area (Å²) in [4.78, 5) is 2.29. The van der Waals surface area contributed by atoms with Gasteiger partial charge in [-0.2, -0.15) is 0 Å². The summed E-state index contributed by atoms with van der Waals surface area (Å²) in [7, 11) is 3.84. The minimum atomic E-state index is -0.0815. The first kappa shape index (κ1) is 15.6. The van der Waals surface area contributed by atoms with E-state index in [4.69, 9.17) is 10.5 Å². The third kappa shape index (κ3) is 3.79. The Morgan fingerprint density at radius 2 is 1.94 bits per heavy atom. The van der Waals surface area contributed by atoms with Gasteiger partial charge in [-0.3, -0.25) is 4.90 Å². The molecular formula is C14H23BrN2O. The van der Waals surface area contributed by atoms with Crippen LogP contribution in [-0.2, 0) is 11.3 Å². The zero-order valence-corrected chi connectivity index (χ0v) is 13.0. The molecule has 1 aromatic rings. The molecule has 0 saturated carbocycles. The van der Waals surface area contributed by atoms with Gasteiger partial charge < -0.3 is 10.5 Å². The summed E-state index contributed by atoms with van der Waals surface area (Å²) >= 11 is 3.45. The highest BCUT2D eigenvalue weighted by Gasteiger charge is 2.31. The number of methoxy groups -OCH3 is 1. The van der Waals surface area contributed by atoms with Crippen molar-refractivity contribution in [2.75, 3.05) is 27.3 Å². The number of likely N-dealkylation sites (N-methyl/N-ethyl adjacent to an activating group) is 1. The van der Waals surface area contributed by atoms with Gasteiger partial charge >= 0.3 is 0 Å². The number of rotatable bonds is 7. The Labute approximate surface area is 118 Å². The summed E-state index contributed by atoms with van der Waals surface area (Å²) in [6, 6.07) is 8.39. The maximum atomic E-state index is 5.95. The number of benzene rings is 1. The van der Waals surface area contributed by atoms with Crippen molar-refractivity contribution in [2.24, 2.45) is 5.73 Å². The van der Waals surface area contributed by atoms with Gasteiger partial charge in [0.05, 0.1) is 12.1 Å². The van der Waals surface area contributed by atoms with Crippen LogP contribution in [0.1, 0.15) is 18.9 Å². The second-order valence-electron chi connectivity index (χ2n) is 4.70. The van der Waals surface area contributed by atoms with Crippen LogP contribution >= 0.6 is 15.9 Å². The highest BCUT2D eigenvalue weighted by atomic mass is 79.9. The van der Waals surface area contributed by atoms with E-state index in [1.165, 1.54) is 5.56 Å². The predicted octanol–water partition coefficient (Wildman–Crippen LogP) is 2.63. The smallest absolute Gasteiger partial charge is 0.0658 e. The molecule has 1 unspecified atom stereocenters. The first-order valence-corrected chi connectivity index (χ1v) is 7.02. The van der Waals surface area contributed by atoms with E-state index in [1.54, 1.807) is 7.11 Å². The average molecular weight is 315 g/mol. The van der Waals surface area contributed by atoms with Gasteiger partial charge in [0, 0.05) is 24.7 Å². The van der Waals surface area contributed by atoms with E-state index in [2.05, 4.69) is 59.1 Å². The molecule has 102 valence electrons. The maximum Gasteiger partial charge on any atom is 0.0658 e. The van der Waals surface area contributed by atoms with E-state index in [9.17, 15) is 0 Å². The fourth-order valence-electron chi connectivity index (χ4n) is 2.14. The lowest BCUT2D eigenvalue weighted by Gasteiger charge is -2.40. The molecule has 0 aliphatic rings. The van der Waals surface area contributed by atoms with Gasteiger partial charge in [0.2, 0.25) is 0 Å². The van der Waals surface area contributed by atoms with Gasteiger partial charge in [0.1, 0.15) is 0 Å². The molecule has 3 nitrogen and oxygen atoms in total. The zero-order chi connectivity index (χ0) is 13.6. The van der Waals surface area contributed by atoms with Gasteiger partial charge in [-0.1, -0.05) is 35.0 Å². The molecule has 0 aliphatic carbocycles. The van der Waals surface area contributed by atoms with Gasteiger partial charge in [0.15, 0.2) is 0 Å². The van der Waals surface area contributed by atoms with Crippen molar-refractivity contribution in [1.29, 1.82) is 0 Å². The molecular weight excluding hydrogens is 292 g/mol. The Morgan fingerprint density at radius 1 is 1.33 bits per heavy atom. The largest absolute Gasteiger partial charge is 0.383 e. The molecule has 1 atom stereocenters. The Bertz CT molecular complexity index is 349. The van der Waals surface area contributed by atoms with Crippen LogP contribution in [0, 0.1) is 0 Å². The molecule has 0 fully saturated rings. The molecule has 2 N–H and O–H groups in total. The Morgan fingerprint density at radius 3 is 2.39 bits per heavy atom. The Kier molecular flexibility index (Phi) is 6.29. The Hall–Kier alpha value is -0.420. The molecule has 0 saturated heterocycles. The number of hydrogen-bond acceptors (Lipinski definition) is 3. The maximum absolute atomic E-state index is 5.95. The van der Waals surface area contributed by atoms with E-state index in [0.29, 0.717) is 13.2 Å². The van der Waals surface area contributed by atoms with Gasteiger partial charge in [-0.25, -0.2) is 0 Å². The topological polar surface area (TPSA) is 38.5 Å². The monoisotopic (exact) mass is 314 g/mol. The number of nitrogens with two attached hydrogens (primary N) is 1. The second kappa shape index (κ2) is 7.24. The van der Waals surface area contributed by atoms with Gasteiger partial charge in [0.25, 0.3) is 0 Å². The predicted molar refractivity (Wildman–Crippen MR) is 79.6 cm³/mol. The quantitative estimate of drug-likeness (QED) is 0.841. The first-order chi connectivity index (χ1) is 8.57. The van der Waals surface area contributed by atoms with Gasteiger partial charge in [-0.05, 0) is 31.2 Å². The molecule has 0 aliphatic heterocycles. The van der Waals surface area contributed by atoms with E-state index in [-0.39, 0.29) is 5.54 Å². The minimum Gasteiger partial charge on any atom is -0.383 e. The van der Waals surface area contributed by atoms with E-state index in [0.717, 1.165) is 17.4 Å². The standard InChI is InChI=1S/C14H23BrN2O/c1-4-14(10-16,11-18-3)17(2)9-12-5-7-13(15)8-6-12/h5-8H,4,9-11,16H2,1-3H3. The van der Waals surface area contributed by atoms with Crippen LogP contribution in [0.25, 0.3) is 0 Å². The molecule has 1 rings (SSSR count). The van der Waals surface area contributed by atoms with Crippen molar-refractivity contribution in [3.8, 4) is 0 Å². The summed E-state index contributed by atoms with van der Waals surface area (Å²) in [5, 5.41) is 0. The molecule has 0 heterocycles. The number of nitrogens with zero attached hydrogens (tertiary/aromatic N) is 1. The van der Waals surface area contributed by atoms with E-state index >= 15 is 0 Å². The van der Waals surface area contributed by atoms with E-state index in [1.807, 2.05) is 0 Å². The van der Waals surface area contributed by atoms with Crippen molar-refractivity contribution in [3.05, 3.63) is 34.3 Å². The zero-order valence-electron chi connectivity index (χ0n) is 11.4. The average Bonchev–Trinajstić information content (AvgIpc) is 2.38. The summed E-state index contributed by atoms with van der Waals surface area (Å²) in [6.45, 7) is 4.29. The SMILES string of the molecule is CCC(CN)(COC)N(C)Cc1ccc(Br)cc1. The van der Waals surface area contributed by atoms with Crippen LogP contribution in [0.4, 0.5) is 0 Å². The van der Waals surface area contributed by atoms with Crippen molar-refractivity contribution in [3.63, 3.8) is 0 Å². The van der Waals surface area contributed by atoms with Crippen molar-refractivity contribution < 1.29 is 4.74 Å². The van der Waals surface area contributed by atoms with Crippen LogP contribution in [-0.4, -0.2) is 37.7 Å². The molecule has 0 bridgehead atoms. The highest BCUT2D eigenvalue weighted by Crippen LogP contribution is 2.21. The molecule has 1 aromatic carbocycles. The third-order valence-electron chi connectivity index (χ3n) is 3.59. The molecule has 4 heteroatoms. The molecule has 0 spiro atoms. The van der Waals surface area contributed by atoms with E-state index < -0.39 is 0 Å². The second-order valence-corrected chi connectivity index (χ2v) is 5.61. The molecule has 0 radical (unpaired) electrons. The van der Waals surface area contributed by atoms with Crippen LogP contribution in [0.15, 0.2) is 28.7 Å². The molecule has 0 aromatic heterocycles. The lowest BCUT2D eigenvalue weighted by Crippen LogP contribution is -2.54. The Balaban J connectivity index is 2.77. The molecule has 18 heavy (non-hydrogen) atoms. The lowest BCUT2D eigenvalue weighted by atomic mass is 9.94. The first-order valence-electron chi connectivity index (χ1n) is 6.22. The van der Waals surface area contributed by atoms with Gasteiger partial charge in [-0.15, -0.1) is 0 Å². The normalized spacial score (nSPS) is 14.8. The number of halogens is 1. The van der Waals surface area contributed by atoms with Crippen LogP contribution in [0.3, 0.4) is 0 Å². The van der Waals surface area contributed by atoms with Crippen LogP contribution < -0.4 is 5.73 Å². The fourth-order valence-corrected chi connectivity index (χ4v) is 2.41. The minimum absolute atomic E-state index is 0.0815. The summed E-state index contributed by atoms with van der Waals surface area (Å²) in [5.41, 5.74) is 7.15. The summed E-state index contributed by atoms with van der Waals surface area (Å²) < 4.78 is 6.44. The van der Waals surface area contributed by atoms with Crippen LogP contribution in [0.2, 0.25) is 0 Å². The number of ether oxygens (including phenoxy) is 1.